The predicted octanol–water partition coefficient (Wildman–Crippen LogP) is 0.916. The number of amides is 2. The maximum absolute atomic E-state index is 11.9. The van der Waals surface area contributed by atoms with E-state index in [9.17, 15) is 14.4 Å². The van der Waals surface area contributed by atoms with Crippen molar-refractivity contribution in [1.82, 2.24) is 10.6 Å². The number of carboxylic acid groups (broad SMARTS) is 1. The lowest BCUT2D eigenvalue weighted by molar-refractivity contribution is -0.139. The van der Waals surface area contributed by atoms with Gasteiger partial charge in [-0.3, -0.25) is 9.59 Å². The number of carbonyl (C=O) groups is 3. The Morgan fingerprint density at radius 1 is 1.20 bits per heavy atom. The average Bonchev–Trinajstić information content (AvgIpc) is 2.42. The number of rotatable bonds is 6. The second kappa shape index (κ2) is 7.28. The molecule has 1 rings (SSSR count). The van der Waals surface area contributed by atoms with Crippen molar-refractivity contribution in [3.05, 3.63) is 35.4 Å². The van der Waals surface area contributed by atoms with Crippen LogP contribution in [0.25, 0.3) is 0 Å². The van der Waals surface area contributed by atoms with Crippen molar-refractivity contribution in [3.8, 4) is 0 Å². The third kappa shape index (κ3) is 4.72. The minimum atomic E-state index is -1.05. The Bertz CT molecular complexity index is 496. The molecule has 1 atom stereocenters. The number of benzene rings is 1. The fourth-order valence-corrected chi connectivity index (χ4v) is 1.58. The number of aliphatic carboxylic acids is 1. The van der Waals surface area contributed by atoms with Gasteiger partial charge in [0.15, 0.2) is 0 Å². The second-order valence-electron chi connectivity index (χ2n) is 4.38. The molecule has 0 saturated heterocycles. The first-order valence-electron chi connectivity index (χ1n) is 6.31. The van der Waals surface area contributed by atoms with Gasteiger partial charge < -0.3 is 15.7 Å². The average molecular weight is 278 g/mol. The molecule has 2 amide bonds. The molecule has 20 heavy (non-hydrogen) atoms. The normalized spacial score (nSPS) is 11.5. The molecular formula is C14H18N2O4. The van der Waals surface area contributed by atoms with Gasteiger partial charge in [-0.2, -0.15) is 0 Å². The number of carbonyl (C=O) groups excluding carboxylic acids is 2. The van der Waals surface area contributed by atoms with E-state index in [1.165, 1.54) is 6.92 Å². The van der Waals surface area contributed by atoms with Gasteiger partial charge in [0.1, 0.15) is 6.04 Å². The van der Waals surface area contributed by atoms with Gasteiger partial charge in [0, 0.05) is 19.0 Å². The van der Waals surface area contributed by atoms with Gasteiger partial charge in [-0.15, -0.1) is 0 Å². The molecule has 0 spiro atoms. The van der Waals surface area contributed by atoms with Gasteiger partial charge in [-0.25, -0.2) is 4.79 Å². The van der Waals surface area contributed by atoms with E-state index in [1.807, 2.05) is 0 Å². The lowest BCUT2D eigenvalue weighted by atomic mass is 10.1. The van der Waals surface area contributed by atoms with Crippen molar-refractivity contribution in [2.24, 2.45) is 0 Å². The van der Waals surface area contributed by atoms with Gasteiger partial charge in [-0.05, 0) is 24.1 Å². The van der Waals surface area contributed by atoms with E-state index in [-0.39, 0.29) is 5.91 Å². The summed E-state index contributed by atoms with van der Waals surface area (Å²) < 4.78 is 0. The SMILES string of the molecule is CC[C@@H](NC(=O)c1ccc(CNC(C)=O)cc1)C(=O)O. The van der Waals surface area contributed by atoms with Crippen molar-refractivity contribution < 1.29 is 19.5 Å². The third-order valence-electron chi connectivity index (χ3n) is 2.77. The van der Waals surface area contributed by atoms with Gasteiger partial charge in [0.2, 0.25) is 5.91 Å². The van der Waals surface area contributed by atoms with Crippen LogP contribution in [0.2, 0.25) is 0 Å². The Labute approximate surface area is 117 Å². The fourth-order valence-electron chi connectivity index (χ4n) is 1.58. The monoisotopic (exact) mass is 278 g/mol. The highest BCUT2D eigenvalue weighted by molar-refractivity contribution is 5.96. The van der Waals surface area contributed by atoms with Crippen LogP contribution in [-0.2, 0) is 16.1 Å². The molecule has 0 aliphatic carbocycles. The summed E-state index contributed by atoms with van der Waals surface area (Å²) in [7, 11) is 0. The number of hydrogen-bond donors (Lipinski definition) is 3. The molecule has 108 valence electrons. The quantitative estimate of drug-likeness (QED) is 0.721. The molecule has 1 aromatic rings. The maximum atomic E-state index is 11.9. The lowest BCUT2D eigenvalue weighted by Gasteiger charge is -2.12. The van der Waals surface area contributed by atoms with E-state index in [0.717, 1.165) is 5.56 Å². The highest BCUT2D eigenvalue weighted by Crippen LogP contribution is 2.05. The van der Waals surface area contributed by atoms with Gasteiger partial charge in [-0.1, -0.05) is 19.1 Å². The molecule has 1 aromatic carbocycles. The first kappa shape index (κ1) is 15.7. The molecule has 3 N–H and O–H groups in total. The smallest absolute Gasteiger partial charge is 0.326 e. The Kier molecular flexibility index (Phi) is 5.71. The predicted molar refractivity (Wildman–Crippen MR) is 73.1 cm³/mol. The molecule has 0 heterocycles. The van der Waals surface area contributed by atoms with Crippen LogP contribution in [0.4, 0.5) is 0 Å². The zero-order valence-electron chi connectivity index (χ0n) is 11.5. The number of nitrogens with one attached hydrogen (secondary N) is 2. The van der Waals surface area contributed by atoms with E-state index >= 15 is 0 Å². The minimum Gasteiger partial charge on any atom is -0.480 e. The van der Waals surface area contributed by atoms with Crippen molar-refractivity contribution in [2.75, 3.05) is 0 Å². The van der Waals surface area contributed by atoms with E-state index in [2.05, 4.69) is 10.6 Å². The highest BCUT2D eigenvalue weighted by Gasteiger charge is 2.18. The Morgan fingerprint density at radius 3 is 2.25 bits per heavy atom. The Balaban J connectivity index is 2.65. The first-order valence-corrected chi connectivity index (χ1v) is 6.31. The molecule has 0 radical (unpaired) electrons. The van der Waals surface area contributed by atoms with Crippen molar-refractivity contribution in [1.29, 1.82) is 0 Å². The summed E-state index contributed by atoms with van der Waals surface area (Å²) in [5.41, 5.74) is 1.25. The van der Waals surface area contributed by atoms with Crippen LogP contribution in [0.1, 0.15) is 36.2 Å². The van der Waals surface area contributed by atoms with E-state index in [1.54, 1.807) is 31.2 Å². The van der Waals surface area contributed by atoms with Crippen LogP contribution in [0, 0.1) is 0 Å². The van der Waals surface area contributed by atoms with Crippen molar-refractivity contribution in [3.63, 3.8) is 0 Å². The molecule has 0 fully saturated rings. The van der Waals surface area contributed by atoms with Crippen LogP contribution in [0.15, 0.2) is 24.3 Å². The van der Waals surface area contributed by atoms with E-state index in [4.69, 9.17) is 5.11 Å². The lowest BCUT2D eigenvalue weighted by Crippen LogP contribution is -2.40. The molecule has 0 aromatic heterocycles. The topological polar surface area (TPSA) is 95.5 Å². The second-order valence-corrected chi connectivity index (χ2v) is 4.38. The van der Waals surface area contributed by atoms with Gasteiger partial charge >= 0.3 is 5.97 Å². The number of hydrogen-bond acceptors (Lipinski definition) is 3. The van der Waals surface area contributed by atoms with Crippen LogP contribution < -0.4 is 10.6 Å². The third-order valence-corrected chi connectivity index (χ3v) is 2.77. The van der Waals surface area contributed by atoms with Gasteiger partial charge in [0.05, 0.1) is 0 Å². The van der Waals surface area contributed by atoms with E-state index in [0.29, 0.717) is 18.5 Å². The Hall–Kier alpha value is -2.37. The summed E-state index contributed by atoms with van der Waals surface area (Å²) in [6.07, 6.45) is 0.321. The molecule has 0 unspecified atom stereocenters. The number of carboxylic acids is 1. The van der Waals surface area contributed by atoms with Gasteiger partial charge in [0.25, 0.3) is 5.91 Å². The summed E-state index contributed by atoms with van der Waals surface area (Å²) in [5.74, 6) is -1.60. The zero-order valence-corrected chi connectivity index (χ0v) is 11.5. The molecule has 0 saturated carbocycles. The maximum Gasteiger partial charge on any atom is 0.326 e. The summed E-state index contributed by atoms with van der Waals surface area (Å²) in [4.78, 5) is 33.5. The van der Waals surface area contributed by atoms with E-state index < -0.39 is 17.9 Å². The molecule has 6 nitrogen and oxygen atoms in total. The minimum absolute atomic E-state index is 0.126. The van der Waals surface area contributed by atoms with Crippen LogP contribution >= 0.6 is 0 Å². The molecule has 0 aliphatic heterocycles. The van der Waals surface area contributed by atoms with Crippen molar-refractivity contribution in [2.45, 2.75) is 32.9 Å². The molecule has 0 bridgehead atoms. The summed E-state index contributed by atoms with van der Waals surface area (Å²) in [5, 5.41) is 14.0. The van der Waals surface area contributed by atoms with Crippen LogP contribution in [-0.4, -0.2) is 28.9 Å². The summed E-state index contributed by atoms with van der Waals surface area (Å²) >= 11 is 0. The molecular weight excluding hydrogens is 260 g/mol. The van der Waals surface area contributed by atoms with Crippen LogP contribution in [0.3, 0.4) is 0 Å². The first-order chi connectivity index (χ1) is 9.43. The standard InChI is InChI=1S/C14H18N2O4/c1-3-12(14(19)20)16-13(18)11-6-4-10(5-7-11)8-15-9(2)17/h4-7,12H,3,8H2,1-2H3,(H,15,17)(H,16,18)(H,19,20)/t12-/m1/s1. The summed E-state index contributed by atoms with van der Waals surface area (Å²) in [6.45, 7) is 3.51. The zero-order chi connectivity index (χ0) is 15.1. The fraction of sp³-hybridized carbons (Fsp3) is 0.357. The van der Waals surface area contributed by atoms with Crippen molar-refractivity contribution >= 4 is 17.8 Å². The summed E-state index contributed by atoms with van der Waals surface area (Å²) in [6, 6.07) is 5.74. The molecule has 6 heteroatoms. The van der Waals surface area contributed by atoms with Crippen LogP contribution in [0.5, 0.6) is 0 Å². The largest absolute Gasteiger partial charge is 0.480 e. The highest BCUT2D eigenvalue weighted by atomic mass is 16.4. The molecule has 0 aliphatic rings. The Morgan fingerprint density at radius 2 is 1.80 bits per heavy atom.